The lowest BCUT2D eigenvalue weighted by molar-refractivity contribution is -0.0945. The van der Waals surface area contributed by atoms with Crippen LogP contribution in [-0.2, 0) is 15.9 Å². The number of allylic oxidation sites excluding steroid dienone is 3. The molecule has 0 aliphatic heterocycles. The van der Waals surface area contributed by atoms with Gasteiger partial charge < -0.3 is 29.9 Å². The smallest absolute Gasteiger partial charge is 0.412 e. The largest absolute Gasteiger partial charge is 0.491 e. The van der Waals surface area contributed by atoms with E-state index in [4.69, 9.17) is 14.6 Å². The van der Waals surface area contributed by atoms with Crippen molar-refractivity contribution in [1.82, 2.24) is 0 Å². The minimum absolute atomic E-state index is 0.0460. The summed E-state index contributed by atoms with van der Waals surface area (Å²) in [5.41, 5.74) is -0.664. The van der Waals surface area contributed by atoms with Gasteiger partial charge in [-0.1, -0.05) is 12.2 Å². The molecule has 0 saturated heterocycles. The fourth-order valence-corrected chi connectivity index (χ4v) is 5.65. The van der Waals surface area contributed by atoms with Crippen LogP contribution in [0.4, 0.5) is 13.2 Å². The summed E-state index contributed by atoms with van der Waals surface area (Å²) in [6.07, 6.45) is 1.34. The Kier molecular flexibility index (Phi) is 11.4. The topological polar surface area (TPSA) is 116 Å². The highest BCUT2D eigenvalue weighted by atomic mass is 32.1. The Bertz CT molecular complexity index is 1000. The highest BCUT2D eigenvalue weighted by Gasteiger charge is 2.39. The third-order valence-electron chi connectivity index (χ3n) is 6.69. The Morgan fingerprint density at radius 2 is 2.00 bits per heavy atom. The van der Waals surface area contributed by atoms with Crippen molar-refractivity contribution >= 4 is 17.3 Å². The lowest BCUT2D eigenvalue weighted by Gasteiger charge is -2.21. The van der Waals surface area contributed by atoms with Crippen LogP contribution < -0.4 is 0 Å². The van der Waals surface area contributed by atoms with Crippen molar-refractivity contribution in [2.45, 2.75) is 69.4 Å². The number of ether oxygens (including phenoxy) is 2. The Balaban J connectivity index is 1.47. The van der Waals surface area contributed by atoms with Crippen molar-refractivity contribution < 1.29 is 47.9 Å². The summed E-state index contributed by atoms with van der Waals surface area (Å²) in [7, 11) is 0. The van der Waals surface area contributed by atoms with E-state index in [0.29, 0.717) is 30.6 Å². The van der Waals surface area contributed by atoms with E-state index in [9.17, 15) is 33.3 Å². The second kappa shape index (κ2) is 14.3. The van der Waals surface area contributed by atoms with Gasteiger partial charge in [-0.25, -0.2) is 4.79 Å². The first-order valence-electron chi connectivity index (χ1n) is 12.8. The molecule has 1 saturated carbocycles. The zero-order chi connectivity index (χ0) is 27.7. The molecule has 5 atom stereocenters. The molecule has 11 heteroatoms. The predicted octanol–water partition coefficient (Wildman–Crippen LogP) is 4.07. The molecule has 3 rings (SSSR count). The second-order valence-corrected chi connectivity index (χ2v) is 10.7. The molecule has 1 heterocycles. The summed E-state index contributed by atoms with van der Waals surface area (Å²) in [5, 5.41) is 40.0. The fraction of sp³-hybridized carbons (Fsp3) is 0.593. The van der Waals surface area contributed by atoms with E-state index < -0.39 is 36.0 Å². The van der Waals surface area contributed by atoms with Crippen molar-refractivity contribution in [3.05, 3.63) is 57.5 Å². The van der Waals surface area contributed by atoms with Gasteiger partial charge in [-0.05, 0) is 62.3 Å². The highest BCUT2D eigenvalue weighted by molar-refractivity contribution is 7.13. The number of thiophene rings is 1. The van der Waals surface area contributed by atoms with Gasteiger partial charge >= 0.3 is 12.1 Å². The number of esters is 1. The zero-order valence-electron chi connectivity index (χ0n) is 21.0. The fourth-order valence-electron chi connectivity index (χ4n) is 4.70. The molecule has 0 radical (unpaired) electrons. The molecule has 7 nitrogen and oxygen atoms in total. The highest BCUT2D eigenvalue weighted by Crippen LogP contribution is 2.37. The SMILES string of the molecule is O=C(OCCCO)c1ccc(CCC[C@@H]2[C@@H](/C=C/[C@@H](O)COC3=CCCC(C(F)(F)F)=C3)[C@H](O)C[C@@H]2O)s1. The minimum Gasteiger partial charge on any atom is -0.491 e. The summed E-state index contributed by atoms with van der Waals surface area (Å²) in [4.78, 5) is 13.5. The van der Waals surface area contributed by atoms with E-state index in [-0.39, 0.29) is 56.7 Å². The second-order valence-electron chi connectivity index (χ2n) is 9.56. The first-order valence-corrected chi connectivity index (χ1v) is 13.6. The van der Waals surface area contributed by atoms with Gasteiger partial charge in [0, 0.05) is 35.8 Å². The third kappa shape index (κ3) is 8.94. The van der Waals surface area contributed by atoms with Crippen LogP contribution in [0, 0.1) is 11.8 Å². The van der Waals surface area contributed by atoms with Gasteiger partial charge in [0.25, 0.3) is 0 Å². The molecule has 1 aromatic heterocycles. The average Bonchev–Trinajstić information content (AvgIpc) is 3.45. The van der Waals surface area contributed by atoms with Crippen LogP contribution in [0.2, 0.25) is 0 Å². The van der Waals surface area contributed by atoms with Crippen molar-refractivity contribution in [2.24, 2.45) is 11.8 Å². The first kappa shape index (κ1) is 30.4. The monoisotopic (exact) mass is 560 g/mol. The minimum atomic E-state index is -4.41. The van der Waals surface area contributed by atoms with Gasteiger partial charge in [0.1, 0.15) is 23.3 Å². The van der Waals surface area contributed by atoms with E-state index in [1.807, 2.05) is 6.07 Å². The maximum atomic E-state index is 12.9. The van der Waals surface area contributed by atoms with Gasteiger partial charge in [-0.3, -0.25) is 0 Å². The number of hydrogen-bond acceptors (Lipinski definition) is 8. The number of rotatable bonds is 13. The Morgan fingerprint density at radius 3 is 2.74 bits per heavy atom. The number of aliphatic hydroxyl groups excluding tert-OH is 4. The molecule has 38 heavy (non-hydrogen) atoms. The number of hydrogen-bond donors (Lipinski definition) is 4. The van der Waals surface area contributed by atoms with Crippen LogP contribution in [-0.4, -0.2) is 70.7 Å². The Hall–Kier alpha value is -2.18. The van der Waals surface area contributed by atoms with Crippen LogP contribution in [0.15, 0.2) is 47.8 Å². The lowest BCUT2D eigenvalue weighted by Crippen LogP contribution is -2.22. The van der Waals surface area contributed by atoms with Crippen LogP contribution in [0.1, 0.15) is 53.1 Å². The molecule has 0 aromatic carbocycles. The molecule has 0 unspecified atom stereocenters. The lowest BCUT2D eigenvalue weighted by atomic mass is 9.88. The molecule has 1 aromatic rings. The zero-order valence-corrected chi connectivity index (χ0v) is 21.8. The number of halogens is 3. The van der Waals surface area contributed by atoms with Crippen LogP contribution in [0.3, 0.4) is 0 Å². The van der Waals surface area contributed by atoms with E-state index in [1.54, 1.807) is 18.2 Å². The molecule has 0 spiro atoms. The summed E-state index contributed by atoms with van der Waals surface area (Å²) in [6, 6.07) is 3.56. The molecule has 2 aliphatic rings. The number of aryl methyl sites for hydroxylation is 1. The summed E-state index contributed by atoms with van der Waals surface area (Å²) in [6.45, 7) is -0.118. The number of aliphatic hydroxyl groups is 4. The molecular weight excluding hydrogens is 525 g/mol. The molecule has 212 valence electrons. The average molecular weight is 561 g/mol. The first-order chi connectivity index (χ1) is 18.1. The molecule has 0 amide bonds. The number of carbonyl (C=O) groups is 1. The predicted molar refractivity (Wildman–Crippen MR) is 135 cm³/mol. The summed E-state index contributed by atoms with van der Waals surface area (Å²) >= 11 is 1.34. The maximum Gasteiger partial charge on any atom is 0.412 e. The third-order valence-corrected chi connectivity index (χ3v) is 7.82. The molecule has 0 bridgehead atoms. The van der Waals surface area contributed by atoms with Gasteiger partial charge in [-0.2, -0.15) is 13.2 Å². The summed E-state index contributed by atoms with van der Waals surface area (Å²) in [5.74, 6) is -0.963. The van der Waals surface area contributed by atoms with E-state index in [0.717, 1.165) is 11.0 Å². The van der Waals surface area contributed by atoms with Gasteiger partial charge in [-0.15, -0.1) is 11.3 Å². The normalized spacial score (nSPS) is 24.8. The molecule has 4 N–H and O–H groups in total. The van der Waals surface area contributed by atoms with Crippen molar-refractivity contribution in [3.8, 4) is 0 Å². The van der Waals surface area contributed by atoms with E-state index in [1.165, 1.54) is 17.4 Å². The molecule has 2 aliphatic carbocycles. The van der Waals surface area contributed by atoms with Crippen LogP contribution in [0.5, 0.6) is 0 Å². The molecular formula is C27H35F3O7S. The van der Waals surface area contributed by atoms with Crippen molar-refractivity contribution in [3.63, 3.8) is 0 Å². The number of carbonyl (C=O) groups excluding carboxylic acids is 1. The standard InChI is InChI=1S/C27H35F3O7S/c28-27(29,30)17-4-1-5-19(14-17)37-16-18(32)8-10-22-21(23(33)15-24(22)34)7-2-6-20-9-11-25(38-20)26(35)36-13-3-12-31/h5,8-11,14,18,21-24,31-34H,1-4,6-7,12-13,15-16H2/b10-8+/t18-,21-,22-,23+,24-/m1/s1. The van der Waals surface area contributed by atoms with Crippen LogP contribution >= 0.6 is 11.3 Å². The van der Waals surface area contributed by atoms with Crippen molar-refractivity contribution in [2.75, 3.05) is 19.8 Å². The quantitative estimate of drug-likeness (QED) is 0.163. The van der Waals surface area contributed by atoms with E-state index in [2.05, 4.69) is 0 Å². The van der Waals surface area contributed by atoms with Crippen molar-refractivity contribution in [1.29, 1.82) is 0 Å². The van der Waals surface area contributed by atoms with Gasteiger partial charge in [0.05, 0.1) is 18.8 Å². The van der Waals surface area contributed by atoms with Crippen LogP contribution in [0.25, 0.3) is 0 Å². The Morgan fingerprint density at radius 1 is 1.21 bits per heavy atom. The number of alkyl halides is 3. The van der Waals surface area contributed by atoms with Gasteiger partial charge in [0.2, 0.25) is 0 Å². The van der Waals surface area contributed by atoms with E-state index >= 15 is 0 Å². The summed E-state index contributed by atoms with van der Waals surface area (Å²) < 4.78 is 49.1. The molecule has 1 fully saturated rings. The maximum absolute atomic E-state index is 12.9. The Labute approximate surface area is 223 Å². The van der Waals surface area contributed by atoms with Gasteiger partial charge in [0.15, 0.2) is 0 Å².